The van der Waals surface area contributed by atoms with Crippen LogP contribution in [0.4, 0.5) is 5.69 Å². The van der Waals surface area contributed by atoms with Crippen molar-refractivity contribution in [3.05, 3.63) is 29.8 Å². The molecular formula is C15H25N3O2S. The largest absolute Gasteiger partial charge is 0.330 e. The van der Waals surface area contributed by atoms with Gasteiger partial charge >= 0.3 is 10.2 Å². The van der Waals surface area contributed by atoms with Gasteiger partial charge in [0.05, 0.1) is 0 Å². The van der Waals surface area contributed by atoms with Crippen molar-refractivity contribution in [1.29, 1.82) is 0 Å². The number of nitrogens with zero attached hydrogens (tertiary/aromatic N) is 1. The summed E-state index contributed by atoms with van der Waals surface area (Å²) >= 11 is 0. The van der Waals surface area contributed by atoms with E-state index in [2.05, 4.69) is 11.6 Å². The van der Waals surface area contributed by atoms with E-state index in [1.807, 2.05) is 24.3 Å². The minimum absolute atomic E-state index is 0.266. The first-order chi connectivity index (χ1) is 10.0. The Balaban J connectivity index is 2.02. The van der Waals surface area contributed by atoms with Crippen LogP contribution in [-0.2, 0) is 16.6 Å². The highest BCUT2D eigenvalue weighted by molar-refractivity contribution is 7.90. The number of nitrogens with two attached hydrogens (primary N) is 1. The molecule has 0 aliphatic carbocycles. The van der Waals surface area contributed by atoms with Crippen molar-refractivity contribution in [1.82, 2.24) is 4.31 Å². The Kier molecular flexibility index (Phi) is 5.61. The van der Waals surface area contributed by atoms with Crippen molar-refractivity contribution in [2.45, 2.75) is 32.6 Å². The highest BCUT2D eigenvalue weighted by Gasteiger charge is 2.28. The zero-order valence-electron chi connectivity index (χ0n) is 12.6. The fourth-order valence-corrected chi connectivity index (χ4v) is 4.02. The van der Waals surface area contributed by atoms with E-state index in [0.29, 0.717) is 25.3 Å². The minimum atomic E-state index is -3.48. The van der Waals surface area contributed by atoms with E-state index in [-0.39, 0.29) is 5.92 Å². The number of benzene rings is 1. The third-order valence-electron chi connectivity index (χ3n) is 3.89. The van der Waals surface area contributed by atoms with Crippen LogP contribution in [0.25, 0.3) is 0 Å². The number of nitrogens with one attached hydrogen (secondary N) is 1. The van der Waals surface area contributed by atoms with Gasteiger partial charge in [-0.1, -0.05) is 25.5 Å². The van der Waals surface area contributed by atoms with Gasteiger partial charge in [0.15, 0.2) is 0 Å². The van der Waals surface area contributed by atoms with Gasteiger partial charge in [-0.25, -0.2) is 0 Å². The molecule has 5 nitrogen and oxygen atoms in total. The topological polar surface area (TPSA) is 75.4 Å². The second kappa shape index (κ2) is 7.24. The van der Waals surface area contributed by atoms with Crippen molar-refractivity contribution >= 4 is 15.9 Å². The molecule has 6 heteroatoms. The quantitative estimate of drug-likeness (QED) is 0.843. The van der Waals surface area contributed by atoms with Crippen LogP contribution in [0.15, 0.2) is 24.3 Å². The summed E-state index contributed by atoms with van der Waals surface area (Å²) < 4.78 is 29.0. The highest BCUT2D eigenvalue weighted by Crippen LogP contribution is 2.20. The fourth-order valence-electron chi connectivity index (χ4n) is 2.68. The molecule has 1 atom stereocenters. The first-order valence-electron chi connectivity index (χ1n) is 7.62. The number of anilines is 1. The SMILES string of the molecule is CCCc1ccc(NS(=O)(=O)N2CCCC(CN)C2)cc1. The van der Waals surface area contributed by atoms with Crippen LogP contribution in [0.2, 0.25) is 0 Å². The average Bonchev–Trinajstić information content (AvgIpc) is 2.49. The normalized spacial score (nSPS) is 20.4. The Hall–Kier alpha value is -1.11. The Morgan fingerprint density at radius 1 is 1.33 bits per heavy atom. The summed E-state index contributed by atoms with van der Waals surface area (Å²) in [5.41, 5.74) is 7.50. The zero-order chi connectivity index (χ0) is 15.3. The van der Waals surface area contributed by atoms with Gasteiger partial charge in [0.2, 0.25) is 0 Å². The maximum Gasteiger partial charge on any atom is 0.301 e. The molecule has 2 rings (SSSR count). The van der Waals surface area contributed by atoms with Gasteiger partial charge in [0, 0.05) is 18.8 Å². The molecule has 1 heterocycles. The van der Waals surface area contributed by atoms with Gasteiger partial charge in [0.1, 0.15) is 0 Å². The van der Waals surface area contributed by atoms with Crippen LogP contribution in [0.3, 0.4) is 0 Å². The molecule has 1 aliphatic rings. The zero-order valence-corrected chi connectivity index (χ0v) is 13.4. The van der Waals surface area contributed by atoms with Gasteiger partial charge in [0.25, 0.3) is 0 Å². The van der Waals surface area contributed by atoms with Crippen molar-refractivity contribution < 1.29 is 8.42 Å². The molecule has 0 spiro atoms. The second-order valence-electron chi connectivity index (χ2n) is 5.66. The van der Waals surface area contributed by atoms with E-state index in [0.717, 1.165) is 25.7 Å². The van der Waals surface area contributed by atoms with Crippen molar-refractivity contribution in [3.63, 3.8) is 0 Å². The molecular weight excluding hydrogens is 286 g/mol. The lowest BCUT2D eigenvalue weighted by atomic mass is 10.0. The van der Waals surface area contributed by atoms with Crippen molar-refractivity contribution in [2.24, 2.45) is 11.7 Å². The van der Waals surface area contributed by atoms with Crippen LogP contribution in [0, 0.1) is 5.92 Å². The molecule has 1 unspecified atom stereocenters. The Bertz CT molecular complexity index is 543. The van der Waals surface area contributed by atoms with E-state index in [4.69, 9.17) is 5.73 Å². The molecule has 21 heavy (non-hydrogen) atoms. The van der Waals surface area contributed by atoms with Gasteiger partial charge in [-0.2, -0.15) is 12.7 Å². The highest BCUT2D eigenvalue weighted by atomic mass is 32.2. The monoisotopic (exact) mass is 311 g/mol. The van der Waals surface area contributed by atoms with Gasteiger partial charge in [-0.15, -0.1) is 0 Å². The molecule has 1 aromatic rings. The standard InChI is InChI=1S/C15H25N3O2S/c1-2-4-13-6-8-15(9-7-13)17-21(19,20)18-10-3-5-14(11-16)12-18/h6-9,14,17H,2-5,10-12,16H2,1H3. The van der Waals surface area contributed by atoms with Gasteiger partial charge in [-0.3, -0.25) is 4.72 Å². The summed E-state index contributed by atoms with van der Waals surface area (Å²) in [5, 5.41) is 0. The minimum Gasteiger partial charge on any atom is -0.330 e. The number of hydrogen-bond donors (Lipinski definition) is 2. The molecule has 0 amide bonds. The Labute approximate surface area is 127 Å². The predicted octanol–water partition coefficient (Wildman–Crippen LogP) is 1.97. The summed E-state index contributed by atoms with van der Waals surface area (Å²) in [5.74, 6) is 0.266. The number of rotatable bonds is 6. The van der Waals surface area contributed by atoms with E-state index >= 15 is 0 Å². The third kappa shape index (κ3) is 4.43. The Morgan fingerprint density at radius 2 is 2.05 bits per heavy atom. The van der Waals surface area contributed by atoms with Gasteiger partial charge in [-0.05, 0) is 49.4 Å². The van der Waals surface area contributed by atoms with Crippen molar-refractivity contribution in [3.8, 4) is 0 Å². The average molecular weight is 311 g/mol. The molecule has 0 bridgehead atoms. The lowest BCUT2D eigenvalue weighted by Gasteiger charge is -2.31. The first kappa shape index (κ1) is 16.3. The number of hydrogen-bond acceptors (Lipinski definition) is 3. The molecule has 0 aromatic heterocycles. The molecule has 0 saturated carbocycles. The van der Waals surface area contributed by atoms with Crippen LogP contribution in [-0.4, -0.2) is 32.4 Å². The van der Waals surface area contributed by atoms with E-state index < -0.39 is 10.2 Å². The summed E-state index contributed by atoms with van der Waals surface area (Å²) in [4.78, 5) is 0. The summed E-state index contributed by atoms with van der Waals surface area (Å²) in [7, 11) is -3.48. The summed E-state index contributed by atoms with van der Waals surface area (Å²) in [6.45, 7) is 3.75. The maximum absolute atomic E-state index is 12.4. The molecule has 118 valence electrons. The fraction of sp³-hybridized carbons (Fsp3) is 0.600. The van der Waals surface area contributed by atoms with Crippen LogP contribution in [0.5, 0.6) is 0 Å². The number of aryl methyl sites for hydroxylation is 1. The first-order valence-corrected chi connectivity index (χ1v) is 9.06. The maximum atomic E-state index is 12.4. The summed E-state index contributed by atoms with van der Waals surface area (Å²) in [6, 6.07) is 7.60. The summed E-state index contributed by atoms with van der Waals surface area (Å²) in [6.07, 6.45) is 3.98. The lowest BCUT2D eigenvalue weighted by Crippen LogP contribution is -2.44. The van der Waals surface area contributed by atoms with Crippen LogP contribution in [0.1, 0.15) is 31.7 Å². The van der Waals surface area contributed by atoms with Crippen LogP contribution < -0.4 is 10.5 Å². The predicted molar refractivity (Wildman–Crippen MR) is 86.3 cm³/mol. The molecule has 1 fully saturated rings. The Morgan fingerprint density at radius 3 is 2.67 bits per heavy atom. The molecule has 1 aliphatic heterocycles. The van der Waals surface area contributed by atoms with E-state index in [1.54, 1.807) is 0 Å². The molecule has 1 aromatic carbocycles. The number of piperidine rings is 1. The second-order valence-corrected chi connectivity index (χ2v) is 7.33. The smallest absolute Gasteiger partial charge is 0.301 e. The van der Waals surface area contributed by atoms with Gasteiger partial charge < -0.3 is 5.73 Å². The molecule has 1 saturated heterocycles. The van der Waals surface area contributed by atoms with E-state index in [1.165, 1.54) is 9.87 Å². The lowest BCUT2D eigenvalue weighted by molar-refractivity contribution is 0.273. The van der Waals surface area contributed by atoms with E-state index in [9.17, 15) is 8.42 Å². The van der Waals surface area contributed by atoms with Crippen LogP contribution >= 0.6 is 0 Å². The molecule has 0 radical (unpaired) electrons. The van der Waals surface area contributed by atoms with Crippen molar-refractivity contribution in [2.75, 3.05) is 24.4 Å². The third-order valence-corrected chi connectivity index (χ3v) is 5.40. The molecule has 3 N–H and O–H groups in total.